The highest BCUT2D eigenvalue weighted by atomic mass is 16.5. The normalized spacial score (nSPS) is 13.1. The van der Waals surface area contributed by atoms with Crippen LogP contribution in [0.4, 0.5) is 10.6 Å². The highest BCUT2D eigenvalue weighted by molar-refractivity contribution is 5.90. The first-order valence-corrected chi connectivity index (χ1v) is 11.8. The van der Waals surface area contributed by atoms with Crippen molar-refractivity contribution in [3.63, 3.8) is 0 Å². The molecular formula is C27H30N6O2. The second-order valence-corrected chi connectivity index (χ2v) is 9.02. The molecule has 0 spiro atoms. The Morgan fingerprint density at radius 3 is 2.66 bits per heavy atom. The number of aryl methyl sites for hydroxylation is 1. The van der Waals surface area contributed by atoms with Crippen molar-refractivity contribution < 1.29 is 9.53 Å². The number of carbonyl (C=O) groups is 1. The number of methoxy groups -OCH3 is 1. The number of anilines is 1. The number of aromatic nitrogens is 4. The number of nitrogens with one attached hydrogen (secondary N) is 2. The summed E-state index contributed by atoms with van der Waals surface area (Å²) in [5.74, 6) is 1.22. The lowest BCUT2D eigenvalue weighted by molar-refractivity contribution is 0.185. The van der Waals surface area contributed by atoms with E-state index >= 15 is 0 Å². The number of urea groups is 1. The molecule has 0 radical (unpaired) electrons. The van der Waals surface area contributed by atoms with E-state index in [-0.39, 0.29) is 6.03 Å². The summed E-state index contributed by atoms with van der Waals surface area (Å²) >= 11 is 0. The fourth-order valence-electron chi connectivity index (χ4n) is 4.40. The average molecular weight is 471 g/mol. The highest BCUT2D eigenvalue weighted by Crippen LogP contribution is 2.42. The summed E-state index contributed by atoms with van der Waals surface area (Å²) in [7, 11) is 3.56. The Kier molecular flexibility index (Phi) is 6.37. The predicted molar refractivity (Wildman–Crippen MR) is 135 cm³/mol. The van der Waals surface area contributed by atoms with E-state index in [0.29, 0.717) is 24.9 Å². The summed E-state index contributed by atoms with van der Waals surface area (Å²) in [6.45, 7) is 2.96. The van der Waals surface area contributed by atoms with E-state index in [9.17, 15) is 4.79 Å². The van der Waals surface area contributed by atoms with Crippen LogP contribution < -0.4 is 10.6 Å². The van der Waals surface area contributed by atoms with Gasteiger partial charge in [0.2, 0.25) is 0 Å². The van der Waals surface area contributed by atoms with Crippen molar-refractivity contribution in [3.8, 4) is 16.9 Å². The summed E-state index contributed by atoms with van der Waals surface area (Å²) in [4.78, 5) is 13.1. The summed E-state index contributed by atoms with van der Waals surface area (Å²) in [5, 5.41) is 15.2. The quantitative estimate of drug-likeness (QED) is 0.382. The summed E-state index contributed by atoms with van der Waals surface area (Å²) in [5.41, 5.74) is 6.97. The molecule has 8 heteroatoms. The molecule has 0 atom stereocenters. The van der Waals surface area contributed by atoms with Crippen LogP contribution in [0.25, 0.3) is 16.9 Å². The lowest BCUT2D eigenvalue weighted by Crippen LogP contribution is -2.29. The molecule has 0 saturated heterocycles. The van der Waals surface area contributed by atoms with Crippen molar-refractivity contribution in [1.82, 2.24) is 24.9 Å². The van der Waals surface area contributed by atoms with E-state index < -0.39 is 0 Å². The number of hydrogen-bond donors (Lipinski definition) is 2. The maximum absolute atomic E-state index is 13.1. The smallest absolute Gasteiger partial charge is 0.320 e. The van der Waals surface area contributed by atoms with Gasteiger partial charge in [0.25, 0.3) is 0 Å². The third kappa shape index (κ3) is 4.97. The molecule has 0 bridgehead atoms. The second kappa shape index (κ2) is 9.76. The van der Waals surface area contributed by atoms with E-state index in [1.807, 2.05) is 50.5 Å². The Morgan fingerprint density at radius 2 is 1.97 bits per heavy atom. The zero-order valence-corrected chi connectivity index (χ0v) is 20.3. The lowest BCUT2D eigenvalue weighted by Gasteiger charge is -2.14. The van der Waals surface area contributed by atoms with Crippen molar-refractivity contribution in [2.75, 3.05) is 12.4 Å². The third-order valence-corrected chi connectivity index (χ3v) is 6.31. The molecule has 5 rings (SSSR count). The summed E-state index contributed by atoms with van der Waals surface area (Å²) in [6, 6.07) is 15.9. The average Bonchev–Trinajstić information content (AvgIpc) is 3.54. The molecule has 35 heavy (non-hydrogen) atoms. The van der Waals surface area contributed by atoms with Gasteiger partial charge >= 0.3 is 6.03 Å². The van der Waals surface area contributed by atoms with Gasteiger partial charge in [-0.15, -0.1) is 0 Å². The first kappa shape index (κ1) is 22.9. The fourth-order valence-corrected chi connectivity index (χ4v) is 4.40. The van der Waals surface area contributed by atoms with Gasteiger partial charge in [-0.1, -0.05) is 36.4 Å². The monoisotopic (exact) mass is 470 g/mol. The number of amides is 2. The number of nitrogens with zero attached hydrogens (tertiary/aromatic N) is 4. The Bertz CT molecular complexity index is 1340. The fraction of sp³-hybridized carbons (Fsp3) is 0.296. The largest absolute Gasteiger partial charge is 0.380 e. The van der Waals surface area contributed by atoms with Gasteiger partial charge in [-0.2, -0.15) is 10.2 Å². The van der Waals surface area contributed by atoms with Crippen LogP contribution in [-0.4, -0.2) is 32.7 Å². The Hall–Kier alpha value is -3.91. The standard InChI is InChI=1S/C27H30N6O2/c1-18-25(22-15-29-32(2)16-22)31-33(23-7-5-4-6-8-23)26(18)30-27(34)28-14-21-13-19(17-35-3)9-12-24(21)20-10-11-20/h4-9,12-13,15-16,20H,10-11,14,17H2,1-3H3,(H2,28,30,34). The van der Waals surface area contributed by atoms with Crippen LogP contribution >= 0.6 is 0 Å². The molecule has 180 valence electrons. The number of benzene rings is 2. The molecule has 1 fully saturated rings. The SMILES string of the molecule is COCc1ccc(C2CC2)c(CNC(=O)Nc2c(C)c(-c3cnn(C)c3)nn2-c2ccccc2)c1. The molecule has 4 aromatic rings. The molecule has 1 aliphatic rings. The van der Waals surface area contributed by atoms with Crippen molar-refractivity contribution in [2.45, 2.75) is 38.8 Å². The Labute approximate surface area is 204 Å². The zero-order chi connectivity index (χ0) is 24.4. The molecule has 0 aliphatic heterocycles. The molecule has 8 nitrogen and oxygen atoms in total. The number of carbonyl (C=O) groups excluding carboxylic acids is 1. The van der Waals surface area contributed by atoms with Crippen LogP contribution in [0.5, 0.6) is 0 Å². The predicted octanol–water partition coefficient (Wildman–Crippen LogP) is 4.93. The first-order chi connectivity index (χ1) is 17.0. The third-order valence-electron chi connectivity index (χ3n) is 6.31. The minimum absolute atomic E-state index is 0.276. The molecule has 2 N–H and O–H groups in total. The van der Waals surface area contributed by atoms with Gasteiger partial charge < -0.3 is 10.1 Å². The summed E-state index contributed by atoms with van der Waals surface area (Å²) < 4.78 is 8.81. The second-order valence-electron chi connectivity index (χ2n) is 9.02. The maximum Gasteiger partial charge on any atom is 0.320 e. The van der Waals surface area contributed by atoms with Gasteiger partial charge in [0.15, 0.2) is 0 Å². The van der Waals surface area contributed by atoms with Crippen molar-refractivity contribution in [2.24, 2.45) is 7.05 Å². The molecular weight excluding hydrogens is 440 g/mol. The number of rotatable bonds is 8. The summed E-state index contributed by atoms with van der Waals surface area (Å²) in [6.07, 6.45) is 6.10. The lowest BCUT2D eigenvalue weighted by atomic mass is 10.0. The van der Waals surface area contributed by atoms with Gasteiger partial charge in [0, 0.05) is 38.0 Å². The van der Waals surface area contributed by atoms with E-state index in [2.05, 4.69) is 33.9 Å². The van der Waals surface area contributed by atoms with Crippen LogP contribution in [-0.2, 0) is 24.9 Å². The van der Waals surface area contributed by atoms with Crippen LogP contribution in [0.3, 0.4) is 0 Å². The minimum Gasteiger partial charge on any atom is -0.380 e. The molecule has 0 unspecified atom stereocenters. The van der Waals surface area contributed by atoms with E-state index in [4.69, 9.17) is 9.84 Å². The minimum atomic E-state index is -0.276. The van der Waals surface area contributed by atoms with E-state index in [1.165, 1.54) is 18.4 Å². The van der Waals surface area contributed by atoms with Crippen LogP contribution in [0, 0.1) is 6.92 Å². The molecule has 2 amide bonds. The van der Waals surface area contributed by atoms with Gasteiger partial charge in [0.05, 0.1) is 18.5 Å². The zero-order valence-electron chi connectivity index (χ0n) is 20.3. The van der Waals surface area contributed by atoms with Crippen molar-refractivity contribution in [3.05, 3.63) is 83.2 Å². The Balaban J connectivity index is 1.39. The number of hydrogen-bond acceptors (Lipinski definition) is 4. The van der Waals surface area contributed by atoms with Crippen molar-refractivity contribution in [1.29, 1.82) is 0 Å². The van der Waals surface area contributed by atoms with E-state index in [0.717, 1.165) is 33.6 Å². The molecule has 2 heterocycles. The van der Waals surface area contributed by atoms with Gasteiger partial charge in [0.1, 0.15) is 11.5 Å². The van der Waals surface area contributed by atoms with Crippen LogP contribution in [0.2, 0.25) is 0 Å². The van der Waals surface area contributed by atoms with Gasteiger partial charge in [-0.25, -0.2) is 9.48 Å². The maximum atomic E-state index is 13.1. The molecule has 2 aromatic carbocycles. The van der Waals surface area contributed by atoms with Gasteiger partial charge in [-0.05, 0) is 54.5 Å². The van der Waals surface area contributed by atoms with Crippen LogP contribution in [0.1, 0.15) is 41.0 Å². The number of ether oxygens (including phenoxy) is 1. The molecule has 1 aliphatic carbocycles. The van der Waals surface area contributed by atoms with E-state index in [1.54, 1.807) is 22.7 Å². The highest BCUT2D eigenvalue weighted by Gasteiger charge is 2.26. The van der Waals surface area contributed by atoms with Crippen LogP contribution in [0.15, 0.2) is 60.9 Å². The van der Waals surface area contributed by atoms with Gasteiger partial charge in [-0.3, -0.25) is 10.00 Å². The molecule has 2 aromatic heterocycles. The number of para-hydroxylation sites is 1. The van der Waals surface area contributed by atoms with Crippen molar-refractivity contribution >= 4 is 11.8 Å². The molecule has 1 saturated carbocycles. The first-order valence-electron chi connectivity index (χ1n) is 11.8. The Morgan fingerprint density at radius 1 is 1.17 bits per heavy atom. The topological polar surface area (TPSA) is 86.0 Å².